The first-order valence-corrected chi connectivity index (χ1v) is 6.93. The van der Waals surface area contributed by atoms with Crippen LogP contribution in [0.2, 0.25) is 0 Å². The average Bonchev–Trinajstić information content (AvgIpc) is 1.97. The van der Waals surface area contributed by atoms with Crippen LogP contribution in [0.15, 0.2) is 4.40 Å². The summed E-state index contributed by atoms with van der Waals surface area (Å²) in [5.74, 6) is 1.04. The lowest BCUT2D eigenvalue weighted by molar-refractivity contribution is 0.402. The van der Waals surface area contributed by atoms with Crippen molar-refractivity contribution in [2.75, 3.05) is 0 Å². The van der Waals surface area contributed by atoms with Crippen molar-refractivity contribution in [2.24, 2.45) is 16.2 Å². The third kappa shape index (κ3) is 3.49. The molecule has 1 atom stereocenters. The predicted molar refractivity (Wildman–Crippen MR) is 67.5 cm³/mol. The quantitative estimate of drug-likeness (QED) is 0.540. The van der Waals surface area contributed by atoms with Gasteiger partial charge in [-0.1, -0.05) is 24.7 Å². The fraction of sp³-hybridized carbons (Fsp3) is 0.917. The minimum atomic E-state index is -1.09. The van der Waals surface area contributed by atoms with Crippen LogP contribution in [0.5, 0.6) is 0 Å². The Labute approximate surface area is 96.9 Å². The van der Waals surface area contributed by atoms with E-state index >= 15 is 0 Å². The normalized spacial score (nSPS) is 21.7. The van der Waals surface area contributed by atoms with Gasteiger partial charge in [0.15, 0.2) is 0 Å². The molecule has 0 aliphatic heterocycles. The molecule has 0 aromatic heterocycles. The minimum Gasteiger partial charge on any atom is -0.591 e. The van der Waals surface area contributed by atoms with Gasteiger partial charge < -0.3 is 4.55 Å². The van der Waals surface area contributed by atoms with Gasteiger partial charge in [-0.15, -0.1) is 0 Å². The molecule has 0 amide bonds. The number of rotatable bonds is 3. The van der Waals surface area contributed by atoms with E-state index in [1.807, 2.05) is 20.8 Å². The summed E-state index contributed by atoms with van der Waals surface area (Å²) in [6, 6.07) is 0. The van der Waals surface area contributed by atoms with Crippen LogP contribution >= 0.6 is 0 Å². The van der Waals surface area contributed by atoms with Crippen molar-refractivity contribution in [1.29, 1.82) is 0 Å². The Balaban J connectivity index is 2.74. The van der Waals surface area contributed by atoms with Gasteiger partial charge in [0.1, 0.15) is 16.1 Å². The van der Waals surface area contributed by atoms with Gasteiger partial charge in [0, 0.05) is 5.92 Å². The molecule has 0 aromatic carbocycles. The Bertz CT molecular complexity index is 238. The fourth-order valence-electron chi connectivity index (χ4n) is 1.59. The first-order valence-electron chi connectivity index (χ1n) is 5.83. The molecule has 1 aliphatic carbocycles. The zero-order valence-corrected chi connectivity index (χ0v) is 11.4. The molecule has 0 radical (unpaired) electrons. The van der Waals surface area contributed by atoms with Gasteiger partial charge in [0.25, 0.3) is 0 Å². The SMILES string of the molecule is CC(C)C(=N[S+]([O-])C(C)(C)C)C1CCC1. The zero-order valence-electron chi connectivity index (χ0n) is 10.5. The molecule has 1 unspecified atom stereocenters. The minimum absolute atomic E-state index is 0.232. The monoisotopic (exact) mass is 229 g/mol. The second-order valence-electron chi connectivity index (χ2n) is 5.66. The van der Waals surface area contributed by atoms with Gasteiger partial charge in [-0.25, -0.2) is 0 Å². The van der Waals surface area contributed by atoms with Crippen LogP contribution in [-0.4, -0.2) is 15.0 Å². The van der Waals surface area contributed by atoms with E-state index in [2.05, 4.69) is 18.2 Å². The second kappa shape index (κ2) is 4.88. The zero-order chi connectivity index (χ0) is 11.6. The van der Waals surface area contributed by atoms with E-state index in [4.69, 9.17) is 0 Å². The Morgan fingerprint density at radius 1 is 1.33 bits per heavy atom. The molecule has 0 spiro atoms. The average molecular weight is 229 g/mol. The molecule has 3 heteroatoms. The summed E-state index contributed by atoms with van der Waals surface area (Å²) in [6.45, 7) is 10.2. The molecule has 0 bridgehead atoms. The van der Waals surface area contributed by atoms with Crippen LogP contribution in [-0.2, 0) is 11.4 Å². The molecule has 1 aliphatic rings. The summed E-state index contributed by atoms with van der Waals surface area (Å²) in [7, 11) is 0. The summed E-state index contributed by atoms with van der Waals surface area (Å²) in [6.07, 6.45) is 3.77. The van der Waals surface area contributed by atoms with E-state index in [0.717, 1.165) is 0 Å². The maximum absolute atomic E-state index is 11.9. The summed E-state index contributed by atoms with van der Waals surface area (Å²) in [4.78, 5) is 0. The van der Waals surface area contributed by atoms with Crippen LogP contribution in [0, 0.1) is 11.8 Å². The molecule has 0 heterocycles. The molecule has 15 heavy (non-hydrogen) atoms. The highest BCUT2D eigenvalue weighted by Crippen LogP contribution is 2.32. The lowest BCUT2D eigenvalue weighted by Crippen LogP contribution is -2.32. The van der Waals surface area contributed by atoms with Crippen molar-refractivity contribution in [2.45, 2.75) is 58.6 Å². The lowest BCUT2D eigenvalue weighted by atomic mass is 9.78. The third-order valence-corrected chi connectivity index (χ3v) is 4.25. The Hall–Kier alpha value is -0.0200. The van der Waals surface area contributed by atoms with E-state index in [-0.39, 0.29) is 4.75 Å². The van der Waals surface area contributed by atoms with E-state index in [0.29, 0.717) is 11.8 Å². The predicted octanol–water partition coefficient (Wildman–Crippen LogP) is 3.35. The summed E-state index contributed by atoms with van der Waals surface area (Å²) < 4.78 is 16.2. The Kier molecular flexibility index (Phi) is 4.24. The molecule has 88 valence electrons. The molecule has 0 N–H and O–H groups in total. The number of nitrogens with zero attached hydrogens (tertiary/aromatic N) is 1. The molecule has 1 saturated carbocycles. The standard InChI is InChI=1S/C12H23NOS/c1-9(2)11(10-7-6-8-10)13-15(14)12(3,4)5/h9-10H,6-8H2,1-5H3. The molecule has 1 fully saturated rings. The van der Waals surface area contributed by atoms with Gasteiger partial charge in [0.2, 0.25) is 0 Å². The highest BCUT2D eigenvalue weighted by Gasteiger charge is 2.32. The highest BCUT2D eigenvalue weighted by molar-refractivity contribution is 7.91. The maximum Gasteiger partial charge on any atom is 0.144 e. The van der Waals surface area contributed by atoms with Gasteiger partial charge in [-0.05, 0) is 39.5 Å². The van der Waals surface area contributed by atoms with E-state index < -0.39 is 11.4 Å². The van der Waals surface area contributed by atoms with E-state index in [1.54, 1.807) is 0 Å². The summed E-state index contributed by atoms with van der Waals surface area (Å²) in [5.41, 5.74) is 1.18. The van der Waals surface area contributed by atoms with Crippen LogP contribution in [0.3, 0.4) is 0 Å². The Morgan fingerprint density at radius 3 is 2.13 bits per heavy atom. The van der Waals surface area contributed by atoms with Crippen molar-refractivity contribution >= 4 is 17.1 Å². The van der Waals surface area contributed by atoms with Gasteiger partial charge in [0.05, 0.1) is 5.71 Å². The lowest BCUT2D eigenvalue weighted by Gasteiger charge is -2.29. The van der Waals surface area contributed by atoms with Crippen LogP contribution in [0.25, 0.3) is 0 Å². The second-order valence-corrected chi connectivity index (χ2v) is 7.57. The van der Waals surface area contributed by atoms with Crippen molar-refractivity contribution in [3.8, 4) is 0 Å². The first-order chi connectivity index (χ1) is 6.82. The molecular formula is C12H23NOS. The first kappa shape index (κ1) is 13.0. The summed E-state index contributed by atoms with van der Waals surface area (Å²) >= 11 is -1.09. The Morgan fingerprint density at radius 2 is 1.87 bits per heavy atom. The van der Waals surface area contributed by atoms with Gasteiger partial charge in [-0.3, -0.25) is 0 Å². The highest BCUT2D eigenvalue weighted by atomic mass is 32.2. The van der Waals surface area contributed by atoms with E-state index in [1.165, 1.54) is 25.0 Å². The van der Waals surface area contributed by atoms with Crippen LogP contribution in [0.1, 0.15) is 53.9 Å². The molecular weight excluding hydrogens is 206 g/mol. The fourth-order valence-corrected chi connectivity index (χ4v) is 2.41. The number of hydrogen-bond acceptors (Lipinski definition) is 2. The molecule has 0 aromatic rings. The molecule has 0 saturated heterocycles. The van der Waals surface area contributed by atoms with Crippen molar-refractivity contribution < 1.29 is 4.55 Å². The maximum atomic E-state index is 11.9. The smallest absolute Gasteiger partial charge is 0.144 e. The van der Waals surface area contributed by atoms with Gasteiger partial charge >= 0.3 is 0 Å². The van der Waals surface area contributed by atoms with Crippen molar-refractivity contribution in [3.63, 3.8) is 0 Å². The van der Waals surface area contributed by atoms with Crippen molar-refractivity contribution in [3.05, 3.63) is 0 Å². The number of hydrogen-bond donors (Lipinski definition) is 0. The topological polar surface area (TPSA) is 35.4 Å². The van der Waals surface area contributed by atoms with E-state index in [9.17, 15) is 4.55 Å². The van der Waals surface area contributed by atoms with Crippen LogP contribution in [0.4, 0.5) is 0 Å². The van der Waals surface area contributed by atoms with Gasteiger partial charge in [-0.2, -0.15) is 0 Å². The molecule has 1 rings (SSSR count). The van der Waals surface area contributed by atoms with Crippen LogP contribution < -0.4 is 0 Å². The van der Waals surface area contributed by atoms with Crippen molar-refractivity contribution in [1.82, 2.24) is 0 Å². The third-order valence-electron chi connectivity index (χ3n) is 2.83. The summed E-state index contributed by atoms with van der Waals surface area (Å²) in [5, 5.41) is 0. The largest absolute Gasteiger partial charge is 0.591 e. The molecule has 2 nitrogen and oxygen atoms in total.